The maximum atomic E-state index is 15.1. The van der Waals surface area contributed by atoms with E-state index in [1.54, 1.807) is 12.3 Å². The molecule has 0 bridgehead atoms. The molecule has 17 heteroatoms. The van der Waals surface area contributed by atoms with Gasteiger partial charge in [0.1, 0.15) is 24.3 Å². The molecule has 0 aliphatic heterocycles. The van der Waals surface area contributed by atoms with Gasteiger partial charge in [0.25, 0.3) is 0 Å². The Balaban J connectivity index is 1.58. The molecular formula is C49H76F2N6O7S2. The van der Waals surface area contributed by atoms with E-state index in [1.165, 1.54) is 4.90 Å². The lowest BCUT2D eigenvalue weighted by Crippen LogP contribution is -2.47. The monoisotopic (exact) mass is 963 g/mol. The van der Waals surface area contributed by atoms with Crippen molar-refractivity contribution in [2.45, 2.75) is 90.4 Å². The smallest absolute Gasteiger partial charge is 0.328 e. The first-order valence-corrected chi connectivity index (χ1v) is 28.6. The van der Waals surface area contributed by atoms with Crippen LogP contribution in [0.4, 0.5) is 8.78 Å². The summed E-state index contributed by atoms with van der Waals surface area (Å²) in [5.41, 5.74) is 7.69. The molecule has 6 N–H and O–H groups in total. The molecule has 4 amide bonds. The fourth-order valence-corrected chi connectivity index (χ4v) is 9.00. The van der Waals surface area contributed by atoms with Crippen LogP contribution in [0.25, 0.3) is 11.1 Å². The Morgan fingerprint density at radius 2 is 1.52 bits per heavy atom. The Hall–Kier alpha value is -4.45. The Kier molecular flexibility index (Phi) is 22.2. The van der Waals surface area contributed by atoms with Crippen molar-refractivity contribution in [3.05, 3.63) is 83.7 Å². The topological polar surface area (TPSA) is 185 Å². The van der Waals surface area contributed by atoms with Crippen LogP contribution in [0, 0.1) is 17.0 Å². The van der Waals surface area contributed by atoms with Crippen molar-refractivity contribution in [1.29, 1.82) is 0 Å². The predicted octanol–water partition coefficient (Wildman–Crippen LogP) is 6.10. The number of nitrogens with one attached hydrogen (secondary N) is 3. The van der Waals surface area contributed by atoms with E-state index in [4.69, 9.17) is 10.5 Å². The number of aliphatic hydroxyl groups is 1. The summed E-state index contributed by atoms with van der Waals surface area (Å²) >= 11 is 0. The summed E-state index contributed by atoms with van der Waals surface area (Å²) in [7, 11) is -1.59. The molecule has 0 fully saturated rings. The van der Waals surface area contributed by atoms with Crippen LogP contribution in [0.5, 0.6) is 0 Å². The number of esters is 1. The SMILES string of the molecule is CC(C)(C)C(c1cc(-c2cc(F)ccc2F)cn1Cc1ccccc1)N(CCC(N)C(=O)NCCC(=O)NCCCCC(NC(=O)CCCS(C)(C)C)C(=O)OCCS(C)(C)C)C(=O)CO. The number of nitrogens with two attached hydrogens (primary N) is 1. The van der Waals surface area contributed by atoms with Gasteiger partial charge in [-0.3, -0.25) is 19.2 Å². The Morgan fingerprint density at radius 3 is 2.15 bits per heavy atom. The number of ether oxygens (including phenoxy) is 1. The van der Waals surface area contributed by atoms with Gasteiger partial charge in [0.05, 0.1) is 18.7 Å². The van der Waals surface area contributed by atoms with E-state index in [0.717, 1.165) is 41.7 Å². The molecule has 13 nitrogen and oxygen atoms in total. The number of benzene rings is 2. The lowest BCUT2D eigenvalue weighted by Gasteiger charge is -2.41. The normalized spacial score (nSPS) is 13.8. The van der Waals surface area contributed by atoms with Crippen molar-refractivity contribution >= 4 is 49.7 Å². The Morgan fingerprint density at radius 1 is 0.833 bits per heavy atom. The molecular weight excluding hydrogens is 887 g/mol. The van der Waals surface area contributed by atoms with Crippen LogP contribution >= 0.6 is 20.1 Å². The van der Waals surface area contributed by atoms with Crippen molar-refractivity contribution < 1.29 is 42.6 Å². The van der Waals surface area contributed by atoms with Gasteiger partial charge in [0.2, 0.25) is 23.6 Å². The quantitative estimate of drug-likeness (QED) is 0.0449. The third-order valence-corrected chi connectivity index (χ3v) is 13.8. The number of aromatic nitrogens is 1. The summed E-state index contributed by atoms with van der Waals surface area (Å²) < 4.78 is 36.9. The molecule has 0 radical (unpaired) electrons. The third-order valence-electron chi connectivity index (χ3n) is 10.9. The molecule has 0 spiro atoms. The van der Waals surface area contributed by atoms with Crippen molar-refractivity contribution in [3.8, 4) is 11.1 Å². The van der Waals surface area contributed by atoms with E-state index in [2.05, 4.69) is 53.5 Å². The average molecular weight is 963 g/mol. The summed E-state index contributed by atoms with van der Waals surface area (Å²) in [6.45, 7) is 5.95. The van der Waals surface area contributed by atoms with Gasteiger partial charge in [-0.2, -0.15) is 0 Å². The first kappa shape index (κ1) is 55.9. The lowest BCUT2D eigenvalue weighted by molar-refractivity contribution is -0.147. The summed E-state index contributed by atoms with van der Waals surface area (Å²) in [5, 5.41) is 18.6. The van der Waals surface area contributed by atoms with Crippen LogP contribution in [0.3, 0.4) is 0 Å². The minimum atomic E-state index is -1.06. The molecule has 0 saturated heterocycles. The van der Waals surface area contributed by atoms with E-state index in [0.29, 0.717) is 56.6 Å². The second kappa shape index (κ2) is 26.2. The van der Waals surface area contributed by atoms with Crippen molar-refractivity contribution in [1.82, 2.24) is 25.4 Å². The minimum absolute atomic E-state index is 0.0105. The van der Waals surface area contributed by atoms with Crippen LogP contribution in [0.1, 0.15) is 83.0 Å². The average Bonchev–Trinajstić information content (AvgIpc) is 3.62. The van der Waals surface area contributed by atoms with Gasteiger partial charge >= 0.3 is 5.97 Å². The molecule has 370 valence electrons. The molecule has 3 unspecified atom stereocenters. The van der Waals surface area contributed by atoms with Crippen LogP contribution < -0.4 is 21.7 Å². The maximum absolute atomic E-state index is 15.1. The Labute approximate surface area is 394 Å². The number of halogens is 2. The molecule has 0 aliphatic carbocycles. The summed E-state index contributed by atoms with van der Waals surface area (Å²) in [4.78, 5) is 66.6. The second-order valence-corrected chi connectivity index (χ2v) is 28.8. The zero-order chi connectivity index (χ0) is 49.2. The number of amides is 4. The highest BCUT2D eigenvalue weighted by molar-refractivity contribution is 8.32. The zero-order valence-corrected chi connectivity index (χ0v) is 42.2. The maximum Gasteiger partial charge on any atom is 0.328 e. The van der Waals surface area contributed by atoms with Crippen molar-refractivity contribution in [2.24, 2.45) is 11.1 Å². The Bertz CT molecular complexity index is 2050. The molecule has 0 saturated carbocycles. The highest BCUT2D eigenvalue weighted by Crippen LogP contribution is 2.41. The van der Waals surface area contributed by atoms with Crippen LogP contribution in [0.2, 0.25) is 0 Å². The minimum Gasteiger partial charge on any atom is -0.463 e. The van der Waals surface area contributed by atoms with Gasteiger partial charge in [-0.15, -0.1) is 0 Å². The van der Waals surface area contributed by atoms with E-state index in [-0.39, 0.29) is 43.3 Å². The van der Waals surface area contributed by atoms with Gasteiger partial charge in [0, 0.05) is 67.8 Å². The first-order valence-electron chi connectivity index (χ1n) is 22.6. The summed E-state index contributed by atoms with van der Waals surface area (Å²) in [6.07, 6.45) is 17.3. The van der Waals surface area contributed by atoms with Gasteiger partial charge in [0.15, 0.2) is 0 Å². The van der Waals surface area contributed by atoms with E-state index in [1.807, 2.05) is 55.7 Å². The first-order chi connectivity index (χ1) is 30.9. The highest BCUT2D eigenvalue weighted by atomic mass is 32.3. The molecule has 3 atom stereocenters. The number of carbonyl (C=O) groups excluding carboxylic acids is 5. The highest BCUT2D eigenvalue weighted by Gasteiger charge is 2.37. The molecule has 1 heterocycles. The summed E-state index contributed by atoms with van der Waals surface area (Å²) in [5.74, 6) is -1.51. The summed E-state index contributed by atoms with van der Waals surface area (Å²) in [6, 6.07) is 12.0. The van der Waals surface area contributed by atoms with Crippen molar-refractivity contribution in [3.63, 3.8) is 0 Å². The molecule has 2 aromatic carbocycles. The molecule has 0 aliphatic rings. The molecule has 3 rings (SSSR count). The number of carbonyl (C=O) groups is 5. The van der Waals surface area contributed by atoms with Crippen molar-refractivity contribution in [2.75, 3.05) is 81.9 Å². The van der Waals surface area contributed by atoms with Gasteiger partial charge in [-0.1, -0.05) is 51.1 Å². The van der Waals surface area contributed by atoms with Gasteiger partial charge in [-0.25, -0.2) is 33.6 Å². The largest absolute Gasteiger partial charge is 0.463 e. The zero-order valence-electron chi connectivity index (χ0n) is 40.6. The van der Waals surface area contributed by atoms with Gasteiger partial charge < -0.3 is 41.0 Å². The van der Waals surface area contributed by atoms with Crippen LogP contribution in [0.15, 0.2) is 60.8 Å². The fraction of sp³-hybridized carbons (Fsp3) is 0.571. The van der Waals surface area contributed by atoms with E-state index in [9.17, 15) is 33.5 Å². The third kappa shape index (κ3) is 19.8. The second-order valence-electron chi connectivity index (χ2n) is 19.7. The fourth-order valence-electron chi connectivity index (χ4n) is 7.40. The van der Waals surface area contributed by atoms with Crippen LogP contribution in [-0.4, -0.2) is 138 Å². The van der Waals surface area contributed by atoms with E-state index < -0.39 is 79.6 Å². The number of aliphatic hydroxyl groups excluding tert-OH is 1. The van der Waals surface area contributed by atoms with E-state index >= 15 is 4.39 Å². The molecule has 66 heavy (non-hydrogen) atoms. The number of rotatable bonds is 27. The predicted molar refractivity (Wildman–Crippen MR) is 266 cm³/mol. The van der Waals surface area contributed by atoms with Gasteiger partial charge in [-0.05, 0) is 111 Å². The van der Waals surface area contributed by atoms with Crippen LogP contribution in [-0.2, 0) is 35.3 Å². The standard InChI is InChI=1S/C49H76F2N6O7S2/c1-49(2,3)46(42-30-36(38-31-37(50)20-21-39(38)51)33-56(42)32-35-16-11-10-12-17-35)57(45(61)34-58)26-23-40(52)47(62)54-25-22-43(59)53-24-14-13-18-41(48(63)64-27-29-66(7,8)9)55-44(60)19-15-28-65(4,5)6/h10-12,16-17,20-21,30-31,33,40-41,46,58H,13-15,18-19,22-29,32,34,52H2,1-9H3,(H,53,59)(H,54,62)(H,55,60). The lowest BCUT2D eigenvalue weighted by atomic mass is 9.82. The number of unbranched alkanes of at least 4 members (excludes halogenated alkanes) is 1. The number of hydrogen-bond donors (Lipinski definition) is 5. The molecule has 3 aromatic rings. The molecule has 1 aromatic heterocycles. The number of hydrogen-bond acceptors (Lipinski definition) is 8. The number of nitrogens with zero attached hydrogens (tertiary/aromatic N) is 2.